The Morgan fingerprint density at radius 2 is 1.82 bits per heavy atom. The Kier molecular flexibility index (Phi) is 4.01. The number of aromatic nitrogens is 2. The number of pyridine rings is 1. The number of sulfonamides is 1. The number of amides is 2. The van der Waals surface area contributed by atoms with Gasteiger partial charge in [-0.2, -0.15) is 0 Å². The Bertz CT molecular complexity index is 1280. The van der Waals surface area contributed by atoms with Crippen LogP contribution in [0.5, 0.6) is 0 Å². The van der Waals surface area contributed by atoms with Gasteiger partial charge in [0, 0.05) is 17.6 Å². The van der Waals surface area contributed by atoms with Crippen molar-refractivity contribution >= 4 is 44.1 Å². The number of hydrogen-bond donors (Lipinski definition) is 3. The summed E-state index contributed by atoms with van der Waals surface area (Å²) >= 11 is 1.13. The van der Waals surface area contributed by atoms with E-state index in [9.17, 15) is 22.8 Å². The fraction of sp³-hybridized carbons (Fsp3) is 0. The lowest BCUT2D eigenvalue weighted by atomic mass is 10.1. The van der Waals surface area contributed by atoms with Crippen molar-refractivity contribution in [3.63, 3.8) is 0 Å². The summed E-state index contributed by atoms with van der Waals surface area (Å²) in [4.78, 5) is 39.8. The van der Waals surface area contributed by atoms with Crippen molar-refractivity contribution in [2.75, 3.05) is 10.5 Å². The van der Waals surface area contributed by atoms with Gasteiger partial charge >= 0.3 is 0 Å². The summed E-state index contributed by atoms with van der Waals surface area (Å²) in [6.45, 7) is 0. The molecule has 0 aliphatic carbocycles. The fourth-order valence-electron chi connectivity index (χ4n) is 2.77. The van der Waals surface area contributed by atoms with E-state index in [2.05, 4.69) is 15.0 Å². The van der Waals surface area contributed by atoms with E-state index >= 15 is 0 Å². The number of anilines is 2. The zero-order valence-corrected chi connectivity index (χ0v) is 15.5. The zero-order valence-electron chi connectivity index (χ0n) is 13.9. The van der Waals surface area contributed by atoms with Gasteiger partial charge in [-0.15, -0.1) is 11.3 Å². The SMILES string of the molecule is Nc1c2c(cc(=O)n1-c1ccc(S(=O)(=O)Nc3nccs3)cc1)C(=O)NC2=O. The number of carbonyl (C=O) groups is 2. The van der Waals surface area contributed by atoms with Gasteiger partial charge in [0.2, 0.25) is 0 Å². The largest absolute Gasteiger partial charge is 0.384 e. The van der Waals surface area contributed by atoms with Gasteiger partial charge in [-0.1, -0.05) is 0 Å². The summed E-state index contributed by atoms with van der Waals surface area (Å²) in [6, 6.07) is 6.33. The molecule has 3 heterocycles. The number of nitrogens with two attached hydrogens (primary N) is 1. The van der Waals surface area contributed by atoms with Gasteiger partial charge in [0.1, 0.15) is 5.82 Å². The summed E-state index contributed by atoms with van der Waals surface area (Å²) in [6.07, 6.45) is 1.47. The van der Waals surface area contributed by atoms with Crippen molar-refractivity contribution in [1.29, 1.82) is 0 Å². The molecule has 0 spiro atoms. The molecule has 142 valence electrons. The molecule has 1 aliphatic rings. The molecule has 0 unspecified atom stereocenters. The highest BCUT2D eigenvalue weighted by atomic mass is 32.2. The van der Waals surface area contributed by atoms with Gasteiger partial charge in [0.05, 0.1) is 21.7 Å². The molecule has 0 atom stereocenters. The number of fused-ring (bicyclic) bond motifs is 1. The van der Waals surface area contributed by atoms with Gasteiger partial charge in [-0.05, 0) is 24.3 Å². The second-order valence-electron chi connectivity index (χ2n) is 5.71. The molecule has 4 rings (SSSR count). The summed E-state index contributed by atoms with van der Waals surface area (Å²) in [5.74, 6) is -1.59. The first-order valence-electron chi connectivity index (χ1n) is 7.72. The topological polar surface area (TPSA) is 153 Å². The van der Waals surface area contributed by atoms with Crippen molar-refractivity contribution in [1.82, 2.24) is 14.9 Å². The number of thiazole rings is 1. The molecule has 0 radical (unpaired) electrons. The van der Waals surface area contributed by atoms with E-state index < -0.39 is 27.4 Å². The maximum absolute atomic E-state index is 12.4. The van der Waals surface area contributed by atoms with Crippen LogP contribution in [0.2, 0.25) is 0 Å². The Morgan fingerprint density at radius 1 is 1.11 bits per heavy atom. The van der Waals surface area contributed by atoms with Crippen molar-refractivity contribution in [3.8, 4) is 5.69 Å². The molecule has 0 bridgehead atoms. The number of benzene rings is 1. The van der Waals surface area contributed by atoms with E-state index in [0.29, 0.717) is 0 Å². The first-order valence-corrected chi connectivity index (χ1v) is 10.1. The second-order valence-corrected chi connectivity index (χ2v) is 8.29. The Labute approximate surface area is 161 Å². The molecule has 0 fully saturated rings. The van der Waals surface area contributed by atoms with Crippen molar-refractivity contribution < 1.29 is 18.0 Å². The van der Waals surface area contributed by atoms with E-state index in [-0.39, 0.29) is 32.7 Å². The molecular weight excluding hydrogens is 406 g/mol. The third-order valence-electron chi connectivity index (χ3n) is 4.01. The first-order chi connectivity index (χ1) is 13.3. The molecule has 2 aromatic heterocycles. The van der Waals surface area contributed by atoms with Crippen LogP contribution in [0.3, 0.4) is 0 Å². The molecule has 28 heavy (non-hydrogen) atoms. The number of nitrogens with zero attached hydrogens (tertiary/aromatic N) is 2. The summed E-state index contributed by atoms with van der Waals surface area (Å²) in [7, 11) is -3.86. The number of hydrogen-bond acceptors (Lipinski definition) is 8. The van der Waals surface area contributed by atoms with E-state index in [1.165, 1.54) is 30.5 Å². The minimum atomic E-state index is -3.86. The minimum Gasteiger partial charge on any atom is -0.384 e. The van der Waals surface area contributed by atoms with E-state index in [1.807, 2.05) is 0 Å². The second kappa shape index (κ2) is 6.28. The first kappa shape index (κ1) is 17.9. The van der Waals surface area contributed by atoms with Crippen molar-refractivity contribution in [2.24, 2.45) is 0 Å². The van der Waals surface area contributed by atoms with Crippen LogP contribution in [0.25, 0.3) is 5.69 Å². The highest BCUT2D eigenvalue weighted by Crippen LogP contribution is 2.24. The average molecular weight is 417 g/mol. The third-order valence-corrected chi connectivity index (χ3v) is 6.19. The molecule has 4 N–H and O–H groups in total. The summed E-state index contributed by atoms with van der Waals surface area (Å²) < 4.78 is 28.1. The number of imide groups is 1. The molecule has 1 aromatic carbocycles. The molecule has 1 aliphatic heterocycles. The van der Waals surface area contributed by atoms with Gasteiger partial charge in [-0.25, -0.2) is 13.4 Å². The predicted octanol–water partition coefficient (Wildman–Crippen LogP) is 0.561. The lowest BCUT2D eigenvalue weighted by Gasteiger charge is -2.12. The molecule has 0 saturated carbocycles. The molecule has 3 aromatic rings. The fourth-order valence-corrected chi connectivity index (χ4v) is 4.56. The van der Waals surface area contributed by atoms with Crippen LogP contribution in [0.1, 0.15) is 20.7 Å². The van der Waals surface area contributed by atoms with Crippen molar-refractivity contribution in [2.45, 2.75) is 4.90 Å². The van der Waals surface area contributed by atoms with E-state index in [0.717, 1.165) is 22.0 Å². The molecule has 12 heteroatoms. The maximum atomic E-state index is 12.4. The smallest absolute Gasteiger partial charge is 0.263 e. The highest BCUT2D eigenvalue weighted by molar-refractivity contribution is 7.93. The normalized spacial score (nSPS) is 13.3. The van der Waals surface area contributed by atoms with Crippen LogP contribution in [-0.2, 0) is 10.0 Å². The summed E-state index contributed by atoms with van der Waals surface area (Å²) in [5, 5.41) is 3.93. The standard InChI is InChI=1S/C16H11N5O5S2/c17-13-12-10(14(23)19-15(12)24)7-11(22)21(13)8-1-3-9(4-2-8)28(25,26)20-16-18-5-6-27-16/h1-7H,17H2,(H,18,20)(H,19,23,24). The third kappa shape index (κ3) is 2.84. The van der Waals surface area contributed by atoms with Crippen LogP contribution in [-0.4, -0.2) is 29.8 Å². The van der Waals surface area contributed by atoms with Crippen LogP contribution in [0.4, 0.5) is 10.9 Å². The Balaban J connectivity index is 1.75. The number of rotatable bonds is 4. The van der Waals surface area contributed by atoms with E-state index in [1.54, 1.807) is 5.38 Å². The van der Waals surface area contributed by atoms with Crippen LogP contribution in [0.15, 0.2) is 51.6 Å². The van der Waals surface area contributed by atoms with Gasteiger partial charge in [0.25, 0.3) is 27.4 Å². The van der Waals surface area contributed by atoms with Gasteiger partial charge in [-0.3, -0.25) is 29.0 Å². The highest BCUT2D eigenvalue weighted by Gasteiger charge is 2.31. The van der Waals surface area contributed by atoms with Crippen LogP contribution < -0.4 is 21.3 Å². The summed E-state index contributed by atoms with van der Waals surface area (Å²) in [5.41, 5.74) is 5.38. The Morgan fingerprint density at radius 3 is 2.46 bits per heavy atom. The van der Waals surface area contributed by atoms with Gasteiger partial charge < -0.3 is 5.73 Å². The predicted molar refractivity (Wildman–Crippen MR) is 101 cm³/mol. The van der Waals surface area contributed by atoms with Crippen LogP contribution in [0, 0.1) is 0 Å². The Hall–Kier alpha value is -3.51. The molecule has 10 nitrogen and oxygen atoms in total. The van der Waals surface area contributed by atoms with Crippen molar-refractivity contribution in [3.05, 3.63) is 63.4 Å². The number of carbonyl (C=O) groups excluding carboxylic acids is 2. The average Bonchev–Trinajstić information content (AvgIpc) is 3.23. The lowest BCUT2D eigenvalue weighted by Crippen LogP contribution is -2.24. The minimum absolute atomic E-state index is 0.0489. The zero-order chi connectivity index (χ0) is 20.1. The molecular formula is C16H11N5O5S2. The molecule has 2 amide bonds. The monoisotopic (exact) mass is 417 g/mol. The number of nitrogens with one attached hydrogen (secondary N) is 2. The number of nitrogen functional groups attached to an aromatic ring is 1. The van der Waals surface area contributed by atoms with E-state index in [4.69, 9.17) is 5.73 Å². The lowest BCUT2D eigenvalue weighted by molar-refractivity contribution is 0.0880. The quantitative estimate of drug-likeness (QED) is 0.524. The maximum Gasteiger partial charge on any atom is 0.263 e. The van der Waals surface area contributed by atoms with Gasteiger partial charge in [0.15, 0.2) is 5.13 Å². The van der Waals surface area contributed by atoms with Crippen LogP contribution >= 0.6 is 11.3 Å². The molecule has 0 saturated heterocycles.